The lowest BCUT2D eigenvalue weighted by Crippen LogP contribution is -1.98. The molecule has 20 rings (SSSR count). The molecule has 120 heavy (non-hydrogen) atoms. The minimum Gasteiger partial charge on any atom is -0.255 e. The molecule has 14 nitrogen and oxygen atoms in total. The number of hydrogen-bond donors (Lipinski definition) is 0. The van der Waals surface area contributed by atoms with Crippen molar-refractivity contribution in [2.45, 2.75) is 0 Å². The van der Waals surface area contributed by atoms with Crippen LogP contribution in [0, 0.1) is 0 Å². The fourth-order valence-electron chi connectivity index (χ4n) is 14.3. The molecule has 0 fully saturated rings. The Kier molecular flexibility index (Phi) is 21.0. The highest BCUT2D eigenvalue weighted by atomic mass is 14.9. The van der Waals surface area contributed by atoms with Crippen LogP contribution in [-0.4, -0.2) is 69.8 Å². The van der Waals surface area contributed by atoms with Gasteiger partial charge in [-0.3, -0.25) is 19.9 Å². The number of nitrogens with zero attached hydrogens (tertiary/aromatic N) is 14. The van der Waals surface area contributed by atoms with Gasteiger partial charge in [0.1, 0.15) is 0 Å². The van der Waals surface area contributed by atoms with Gasteiger partial charge in [-0.1, -0.05) is 303 Å². The van der Waals surface area contributed by atoms with Crippen molar-refractivity contribution < 1.29 is 0 Å². The molecule has 0 bridgehead atoms. The molecule has 0 aliphatic rings. The second kappa shape index (κ2) is 34.2. The zero-order chi connectivity index (χ0) is 80.2. The van der Waals surface area contributed by atoms with Gasteiger partial charge in [0.15, 0.2) is 23.3 Å². The molecule has 0 atom stereocenters. The van der Waals surface area contributed by atoms with E-state index in [1.165, 1.54) is 0 Å². The van der Waals surface area contributed by atoms with Crippen LogP contribution in [0.3, 0.4) is 0 Å². The van der Waals surface area contributed by atoms with Gasteiger partial charge in [-0.05, 0) is 119 Å². The Labute approximate surface area is 694 Å². The first-order valence-corrected chi connectivity index (χ1v) is 39.4. The van der Waals surface area contributed by atoms with Gasteiger partial charge >= 0.3 is 0 Å². The molecule has 0 N–H and O–H groups in total. The molecule has 0 aliphatic carbocycles. The predicted octanol–water partition coefficient (Wildman–Crippen LogP) is 24.9. The maximum Gasteiger partial charge on any atom is 0.160 e. The lowest BCUT2D eigenvalue weighted by atomic mass is 10.0. The zero-order valence-electron chi connectivity index (χ0n) is 64.7. The van der Waals surface area contributed by atoms with Crippen molar-refractivity contribution in [3.8, 4) is 203 Å². The van der Waals surface area contributed by atoms with Crippen molar-refractivity contribution in [3.63, 3.8) is 0 Å². The summed E-state index contributed by atoms with van der Waals surface area (Å²) in [4.78, 5) is 70.0. The highest BCUT2D eigenvalue weighted by Gasteiger charge is 2.20. The van der Waals surface area contributed by atoms with Crippen LogP contribution in [0.15, 0.2) is 425 Å². The Bertz CT molecular complexity index is 6510. The maximum absolute atomic E-state index is 5.19. The predicted molar refractivity (Wildman–Crippen MR) is 480 cm³/mol. The number of aromatic nitrogens is 14. The van der Waals surface area contributed by atoms with Crippen molar-refractivity contribution in [2.75, 3.05) is 0 Å². The van der Waals surface area contributed by atoms with E-state index >= 15 is 0 Å². The standard InChI is InChI=1S/2C53H35N7/c1-6-16-36(17-7-1)43-30-50(44-28-26-41(34-54-44)48-32-46(37-18-8-2-9-19-37)57-52(59-48)39-22-12-4-13-23-39)56-51(31-43)45-29-27-42(35-55-45)49-33-47(38-20-10-3-11-21-38)58-53(60-49)40-24-14-5-15-25-40;1-6-16-36(17-7-1)43-31-50(44-27-26-42(35-55-44)48-34-46(38-20-10-3-11-21-38)58-53(60-48)40-24-14-5-15-25-40)56-51(32-43)49-30-41(28-29-54-49)47-33-45(37-18-8-2-9-19-37)57-52(59-47)39-22-12-4-13-23-39/h2*1-35H. The van der Waals surface area contributed by atoms with Crippen LogP contribution in [0.5, 0.6) is 0 Å². The van der Waals surface area contributed by atoms with Gasteiger partial charge in [0, 0.05) is 91.5 Å². The zero-order valence-corrected chi connectivity index (χ0v) is 64.7. The molecular weight excluding hydrogens is 1470 g/mol. The van der Waals surface area contributed by atoms with E-state index in [9.17, 15) is 0 Å². The van der Waals surface area contributed by atoms with Crippen molar-refractivity contribution in [1.29, 1.82) is 0 Å². The van der Waals surface area contributed by atoms with Crippen LogP contribution < -0.4 is 0 Å². The summed E-state index contributed by atoms with van der Waals surface area (Å²) in [5, 5.41) is 0. The second-order valence-corrected chi connectivity index (χ2v) is 28.5. The third kappa shape index (κ3) is 16.7. The third-order valence-electron chi connectivity index (χ3n) is 20.5. The summed E-state index contributed by atoms with van der Waals surface area (Å²) in [5.41, 5.74) is 27.9. The van der Waals surface area contributed by atoms with Crippen LogP contribution in [0.25, 0.3) is 203 Å². The monoisotopic (exact) mass is 1540 g/mol. The summed E-state index contributed by atoms with van der Waals surface area (Å²) in [6.07, 6.45) is 7.40. The highest BCUT2D eigenvalue weighted by Crippen LogP contribution is 2.38. The van der Waals surface area contributed by atoms with Gasteiger partial charge in [-0.25, -0.2) is 49.8 Å². The van der Waals surface area contributed by atoms with E-state index in [4.69, 9.17) is 69.8 Å². The largest absolute Gasteiger partial charge is 0.255 e. The molecule has 0 saturated heterocycles. The molecule has 0 saturated carbocycles. The highest BCUT2D eigenvalue weighted by molar-refractivity contribution is 5.82. The molecule has 10 aromatic heterocycles. The smallest absolute Gasteiger partial charge is 0.160 e. The van der Waals surface area contributed by atoms with Crippen LogP contribution in [0.4, 0.5) is 0 Å². The lowest BCUT2D eigenvalue weighted by Gasteiger charge is -2.12. The molecule has 10 heterocycles. The van der Waals surface area contributed by atoms with Crippen molar-refractivity contribution in [2.24, 2.45) is 0 Å². The van der Waals surface area contributed by atoms with E-state index < -0.39 is 0 Å². The SMILES string of the molecule is c1ccc(-c2cc(-c3ccc(-c4cc(-c5ccccc5)nc(-c5ccccc5)n4)cn3)nc(-c3cc(-c4cc(-c5ccccc5)nc(-c5ccccc5)n4)ccn3)c2)cc1.c1ccc(-c2cc(-c3ccc(-c4cc(-c5ccccc5)nc(-c5ccccc5)n4)cn3)nc(-c3ccc(-c4cc(-c5ccccc5)nc(-c5ccccc5)n4)cn3)c2)cc1. The fourth-order valence-corrected chi connectivity index (χ4v) is 14.3. The summed E-state index contributed by atoms with van der Waals surface area (Å²) in [7, 11) is 0. The number of hydrogen-bond acceptors (Lipinski definition) is 14. The van der Waals surface area contributed by atoms with E-state index in [2.05, 4.69) is 97.1 Å². The molecular formula is C106H70N14. The van der Waals surface area contributed by atoms with Gasteiger partial charge in [0.2, 0.25) is 0 Å². The molecule has 0 unspecified atom stereocenters. The van der Waals surface area contributed by atoms with Gasteiger partial charge in [-0.15, -0.1) is 0 Å². The maximum atomic E-state index is 5.19. The lowest BCUT2D eigenvalue weighted by molar-refractivity contribution is 1.17. The Morgan fingerprint density at radius 2 is 0.317 bits per heavy atom. The van der Waals surface area contributed by atoms with Crippen molar-refractivity contribution >= 4 is 0 Å². The first-order valence-electron chi connectivity index (χ1n) is 39.4. The first kappa shape index (κ1) is 73.6. The Hall–Kier alpha value is -16.6. The van der Waals surface area contributed by atoms with Crippen LogP contribution in [0.1, 0.15) is 0 Å². The minimum atomic E-state index is 0.654. The average Bonchev–Trinajstić information content (AvgIpc) is 0.777. The quantitative estimate of drug-likeness (QED) is 0.0791. The Morgan fingerprint density at radius 3 is 0.558 bits per heavy atom. The molecule has 10 aromatic carbocycles. The summed E-state index contributed by atoms with van der Waals surface area (Å²) in [5.74, 6) is 2.62. The van der Waals surface area contributed by atoms with Gasteiger partial charge in [0.05, 0.1) is 91.1 Å². The topological polar surface area (TPSA) is 180 Å². The van der Waals surface area contributed by atoms with Gasteiger partial charge in [0.25, 0.3) is 0 Å². The van der Waals surface area contributed by atoms with E-state index in [0.717, 1.165) is 174 Å². The average molecular weight is 1540 g/mol. The number of rotatable bonds is 18. The summed E-state index contributed by atoms with van der Waals surface area (Å²) in [6.45, 7) is 0. The number of benzene rings is 10. The van der Waals surface area contributed by atoms with Crippen LogP contribution >= 0.6 is 0 Å². The van der Waals surface area contributed by atoms with Crippen LogP contribution in [0.2, 0.25) is 0 Å². The normalized spacial score (nSPS) is 11.0. The molecule has 0 amide bonds. The van der Waals surface area contributed by atoms with Crippen LogP contribution in [-0.2, 0) is 0 Å². The molecule has 0 spiro atoms. The van der Waals surface area contributed by atoms with E-state index in [1.54, 1.807) is 0 Å². The second-order valence-electron chi connectivity index (χ2n) is 28.5. The van der Waals surface area contributed by atoms with E-state index in [1.807, 2.05) is 328 Å². The number of pyridine rings is 6. The minimum absolute atomic E-state index is 0.654. The molecule has 564 valence electrons. The Balaban J connectivity index is 0.000000159. The van der Waals surface area contributed by atoms with Crippen molar-refractivity contribution in [1.82, 2.24) is 69.8 Å². The Morgan fingerprint density at radius 1 is 0.108 bits per heavy atom. The summed E-state index contributed by atoms with van der Waals surface area (Å²) >= 11 is 0. The van der Waals surface area contributed by atoms with Gasteiger partial charge in [-0.2, -0.15) is 0 Å². The third-order valence-corrected chi connectivity index (χ3v) is 20.5. The fraction of sp³-hybridized carbons (Fsp3) is 0. The summed E-state index contributed by atoms with van der Waals surface area (Å²) in [6, 6.07) is 134. The van der Waals surface area contributed by atoms with Crippen molar-refractivity contribution in [3.05, 3.63) is 425 Å². The van der Waals surface area contributed by atoms with E-state index in [0.29, 0.717) is 29.0 Å². The van der Waals surface area contributed by atoms with Gasteiger partial charge < -0.3 is 0 Å². The molecule has 20 aromatic rings. The molecule has 0 aliphatic heterocycles. The molecule has 0 radical (unpaired) electrons. The molecule has 14 heteroatoms. The van der Waals surface area contributed by atoms with E-state index in [-0.39, 0.29) is 0 Å². The summed E-state index contributed by atoms with van der Waals surface area (Å²) < 4.78 is 0. The first-order chi connectivity index (χ1) is 59.4.